The van der Waals surface area contributed by atoms with Crippen LogP contribution < -0.4 is 0 Å². The van der Waals surface area contributed by atoms with Gasteiger partial charge in [-0.25, -0.2) is 4.98 Å². The first-order valence-corrected chi connectivity index (χ1v) is 9.57. The fourth-order valence-corrected chi connectivity index (χ4v) is 5.33. The van der Waals surface area contributed by atoms with Crippen LogP contribution in [0.25, 0.3) is 10.2 Å². The summed E-state index contributed by atoms with van der Waals surface area (Å²) in [6.45, 7) is 0.814. The number of fused-ring (bicyclic) bond motifs is 1. The molecule has 1 saturated heterocycles. The van der Waals surface area contributed by atoms with Crippen LogP contribution >= 0.6 is 38.6 Å². The molecular formula is C16H13BrN2OS2. The molecule has 1 aliphatic heterocycles. The first kappa shape index (κ1) is 14.4. The summed E-state index contributed by atoms with van der Waals surface area (Å²) in [5, 5.41) is 1.06. The molecule has 112 valence electrons. The number of thiazole rings is 1. The molecule has 0 N–H and O–H groups in total. The van der Waals surface area contributed by atoms with Gasteiger partial charge in [-0.3, -0.25) is 4.79 Å². The van der Waals surface area contributed by atoms with Crippen LogP contribution in [-0.4, -0.2) is 22.3 Å². The van der Waals surface area contributed by atoms with Crippen molar-refractivity contribution in [3.63, 3.8) is 0 Å². The van der Waals surface area contributed by atoms with E-state index in [1.807, 2.05) is 35.2 Å². The largest absolute Gasteiger partial charge is 0.328 e. The van der Waals surface area contributed by atoms with Crippen molar-refractivity contribution in [1.29, 1.82) is 0 Å². The standard InChI is InChI=1S/C16H13BrN2OS2/c17-14-8-7-13(21-14)16(20)19-9-3-5-11(19)15-18-10-4-1-2-6-12(10)22-15/h1-2,4,6-8,11H,3,5,9H2. The second-order valence-corrected chi connectivity index (χ2v) is 8.81. The van der Waals surface area contributed by atoms with Crippen LogP contribution in [0.4, 0.5) is 0 Å². The van der Waals surface area contributed by atoms with Crippen LogP contribution in [0.15, 0.2) is 40.2 Å². The van der Waals surface area contributed by atoms with E-state index in [0.29, 0.717) is 0 Å². The minimum absolute atomic E-state index is 0.116. The van der Waals surface area contributed by atoms with Gasteiger partial charge in [-0.1, -0.05) is 12.1 Å². The molecule has 22 heavy (non-hydrogen) atoms. The first-order chi connectivity index (χ1) is 10.7. The zero-order valence-electron chi connectivity index (χ0n) is 11.7. The van der Waals surface area contributed by atoms with Crippen LogP contribution in [0, 0.1) is 0 Å². The monoisotopic (exact) mass is 392 g/mol. The van der Waals surface area contributed by atoms with E-state index in [1.54, 1.807) is 11.3 Å². The third-order valence-electron chi connectivity index (χ3n) is 3.89. The van der Waals surface area contributed by atoms with Crippen molar-refractivity contribution in [2.45, 2.75) is 18.9 Å². The molecule has 3 heterocycles. The normalized spacial score (nSPS) is 18.2. The van der Waals surface area contributed by atoms with Gasteiger partial charge in [0.15, 0.2) is 0 Å². The Morgan fingerprint density at radius 1 is 1.23 bits per heavy atom. The summed E-state index contributed by atoms with van der Waals surface area (Å²) in [7, 11) is 0. The number of likely N-dealkylation sites (tertiary alicyclic amines) is 1. The second kappa shape index (κ2) is 5.76. The molecule has 1 aromatic carbocycles. The highest BCUT2D eigenvalue weighted by molar-refractivity contribution is 9.11. The molecule has 2 aromatic heterocycles. The number of nitrogens with zero attached hydrogens (tertiary/aromatic N) is 2. The quantitative estimate of drug-likeness (QED) is 0.607. The van der Waals surface area contributed by atoms with Gasteiger partial charge in [0.2, 0.25) is 0 Å². The summed E-state index contributed by atoms with van der Waals surface area (Å²) < 4.78 is 2.18. The first-order valence-electron chi connectivity index (χ1n) is 7.14. The van der Waals surface area contributed by atoms with Crippen LogP contribution in [-0.2, 0) is 0 Å². The predicted molar refractivity (Wildman–Crippen MR) is 94.7 cm³/mol. The van der Waals surface area contributed by atoms with Crippen molar-refractivity contribution < 1.29 is 4.79 Å². The summed E-state index contributed by atoms with van der Waals surface area (Å²) >= 11 is 6.63. The van der Waals surface area contributed by atoms with Gasteiger partial charge < -0.3 is 4.90 Å². The molecule has 1 fully saturated rings. The summed E-state index contributed by atoms with van der Waals surface area (Å²) in [6, 6.07) is 12.1. The van der Waals surface area contributed by atoms with Crippen molar-refractivity contribution in [2.75, 3.05) is 6.54 Å². The molecule has 1 aliphatic rings. The highest BCUT2D eigenvalue weighted by atomic mass is 79.9. The van der Waals surface area contributed by atoms with Crippen molar-refractivity contribution >= 4 is 54.7 Å². The van der Waals surface area contributed by atoms with Gasteiger partial charge in [0.05, 0.1) is 24.9 Å². The van der Waals surface area contributed by atoms with Gasteiger partial charge in [-0.05, 0) is 53.0 Å². The maximum Gasteiger partial charge on any atom is 0.264 e. The Labute approximate surface area is 144 Å². The zero-order chi connectivity index (χ0) is 15.1. The van der Waals surface area contributed by atoms with E-state index < -0.39 is 0 Å². The molecule has 0 bridgehead atoms. The number of halogens is 1. The van der Waals surface area contributed by atoms with Crippen molar-refractivity contribution in [1.82, 2.24) is 9.88 Å². The molecule has 3 nitrogen and oxygen atoms in total. The van der Waals surface area contributed by atoms with E-state index in [0.717, 1.165) is 38.6 Å². The van der Waals surface area contributed by atoms with Crippen molar-refractivity contribution in [2.24, 2.45) is 0 Å². The summed E-state index contributed by atoms with van der Waals surface area (Å²) in [6.07, 6.45) is 2.04. The zero-order valence-corrected chi connectivity index (χ0v) is 14.9. The molecule has 1 amide bonds. The predicted octanol–water partition coefficient (Wildman–Crippen LogP) is 5.10. The summed E-state index contributed by atoms with van der Waals surface area (Å²) in [5.41, 5.74) is 1.03. The topological polar surface area (TPSA) is 33.2 Å². The Morgan fingerprint density at radius 3 is 2.86 bits per heavy atom. The Hall–Kier alpha value is -1.24. The van der Waals surface area contributed by atoms with E-state index in [2.05, 4.69) is 22.0 Å². The van der Waals surface area contributed by atoms with Gasteiger partial charge >= 0.3 is 0 Å². The van der Waals surface area contributed by atoms with E-state index in [-0.39, 0.29) is 11.9 Å². The number of thiophene rings is 1. The number of amides is 1. The van der Waals surface area contributed by atoms with Gasteiger partial charge in [0, 0.05) is 6.54 Å². The Balaban J connectivity index is 1.67. The summed E-state index contributed by atoms with van der Waals surface area (Å²) in [5.74, 6) is 0.123. The van der Waals surface area contributed by atoms with E-state index in [9.17, 15) is 4.79 Å². The van der Waals surface area contributed by atoms with Crippen LogP contribution in [0.5, 0.6) is 0 Å². The molecule has 3 aromatic rings. The van der Waals surface area contributed by atoms with E-state index >= 15 is 0 Å². The summed E-state index contributed by atoms with van der Waals surface area (Å²) in [4.78, 5) is 20.3. The molecule has 0 saturated carbocycles. The number of aromatic nitrogens is 1. The van der Waals surface area contributed by atoms with E-state index in [1.165, 1.54) is 16.0 Å². The number of hydrogen-bond acceptors (Lipinski definition) is 4. The lowest BCUT2D eigenvalue weighted by molar-refractivity contribution is 0.0740. The molecule has 0 spiro atoms. The number of carbonyl (C=O) groups excluding carboxylic acids is 1. The number of rotatable bonds is 2. The molecule has 4 rings (SSSR count). The lowest BCUT2D eigenvalue weighted by atomic mass is 10.2. The molecular weight excluding hydrogens is 380 g/mol. The SMILES string of the molecule is O=C(c1ccc(Br)s1)N1CCCC1c1nc2ccccc2s1. The number of para-hydroxylation sites is 1. The highest BCUT2D eigenvalue weighted by Gasteiger charge is 2.33. The highest BCUT2D eigenvalue weighted by Crippen LogP contribution is 2.38. The number of hydrogen-bond donors (Lipinski definition) is 0. The minimum Gasteiger partial charge on any atom is -0.328 e. The van der Waals surface area contributed by atoms with Gasteiger partial charge in [0.1, 0.15) is 5.01 Å². The third-order valence-corrected chi connectivity index (χ3v) is 6.64. The lowest BCUT2D eigenvalue weighted by Crippen LogP contribution is -2.29. The van der Waals surface area contributed by atoms with Crippen molar-refractivity contribution in [3.8, 4) is 0 Å². The number of benzene rings is 1. The average molecular weight is 393 g/mol. The fraction of sp³-hybridized carbons (Fsp3) is 0.250. The van der Waals surface area contributed by atoms with Crippen LogP contribution in [0.1, 0.15) is 33.6 Å². The Morgan fingerprint density at radius 2 is 2.09 bits per heavy atom. The molecule has 1 atom stereocenters. The van der Waals surface area contributed by atoms with Gasteiger partial charge in [-0.15, -0.1) is 22.7 Å². The van der Waals surface area contributed by atoms with Crippen LogP contribution in [0.2, 0.25) is 0 Å². The molecule has 0 radical (unpaired) electrons. The molecule has 6 heteroatoms. The average Bonchev–Trinajstić information content (AvgIpc) is 3.24. The molecule has 1 unspecified atom stereocenters. The smallest absolute Gasteiger partial charge is 0.264 e. The lowest BCUT2D eigenvalue weighted by Gasteiger charge is -2.22. The van der Waals surface area contributed by atoms with Crippen molar-refractivity contribution in [3.05, 3.63) is 50.1 Å². The second-order valence-electron chi connectivity index (χ2n) is 5.28. The van der Waals surface area contributed by atoms with Gasteiger partial charge in [-0.2, -0.15) is 0 Å². The minimum atomic E-state index is 0.116. The fourth-order valence-electron chi connectivity index (χ4n) is 2.87. The number of carbonyl (C=O) groups is 1. The maximum absolute atomic E-state index is 12.8. The van der Waals surface area contributed by atoms with Crippen LogP contribution in [0.3, 0.4) is 0 Å². The maximum atomic E-state index is 12.8. The molecule has 0 aliphatic carbocycles. The Bertz CT molecular complexity index is 808. The van der Waals surface area contributed by atoms with E-state index in [4.69, 9.17) is 4.98 Å². The van der Waals surface area contributed by atoms with Gasteiger partial charge in [0.25, 0.3) is 5.91 Å². The Kier molecular flexibility index (Phi) is 3.76. The third kappa shape index (κ3) is 2.49.